The van der Waals surface area contributed by atoms with Crippen molar-refractivity contribution in [2.45, 2.75) is 19.0 Å². The molecular formula is C26H24BrFN2O5. The Morgan fingerprint density at radius 2 is 1.74 bits per heavy atom. The quantitative estimate of drug-likeness (QED) is 0.415. The van der Waals surface area contributed by atoms with E-state index < -0.39 is 17.8 Å². The zero-order valence-corrected chi connectivity index (χ0v) is 21.0. The van der Waals surface area contributed by atoms with Crippen molar-refractivity contribution >= 4 is 33.4 Å². The van der Waals surface area contributed by atoms with Crippen LogP contribution in [0.1, 0.15) is 33.9 Å². The Morgan fingerprint density at radius 1 is 1.06 bits per heavy atom. The fourth-order valence-electron chi connectivity index (χ4n) is 4.20. The number of nitrogens with zero attached hydrogens (tertiary/aromatic N) is 1. The molecule has 0 spiro atoms. The summed E-state index contributed by atoms with van der Waals surface area (Å²) in [6, 6.07) is 14.5. The molecule has 182 valence electrons. The van der Waals surface area contributed by atoms with Gasteiger partial charge in [0, 0.05) is 16.6 Å². The molecule has 0 saturated heterocycles. The number of hydrogen-bond donors (Lipinski definition) is 1. The van der Waals surface area contributed by atoms with Gasteiger partial charge in [0.2, 0.25) is 11.7 Å². The highest BCUT2D eigenvalue weighted by Crippen LogP contribution is 2.43. The van der Waals surface area contributed by atoms with Crippen molar-refractivity contribution < 1.29 is 28.2 Å². The average Bonchev–Trinajstić information content (AvgIpc) is 3.19. The van der Waals surface area contributed by atoms with E-state index in [1.165, 1.54) is 33.5 Å². The van der Waals surface area contributed by atoms with E-state index in [9.17, 15) is 14.0 Å². The largest absolute Gasteiger partial charge is 0.493 e. The van der Waals surface area contributed by atoms with Gasteiger partial charge in [-0.25, -0.2) is 4.39 Å². The third-order valence-corrected chi connectivity index (χ3v) is 6.37. The molecule has 0 saturated carbocycles. The third kappa shape index (κ3) is 4.95. The first kappa shape index (κ1) is 24.5. The molecule has 1 N–H and O–H groups in total. The van der Waals surface area contributed by atoms with Crippen LogP contribution in [0.4, 0.5) is 10.1 Å². The van der Waals surface area contributed by atoms with Gasteiger partial charge in [0.05, 0.1) is 39.5 Å². The Bertz CT molecular complexity index is 1260. The number of halogens is 2. The minimum atomic E-state index is -0.679. The number of methoxy groups -OCH3 is 3. The van der Waals surface area contributed by atoms with Crippen LogP contribution in [-0.4, -0.2) is 38.0 Å². The second-order valence-corrected chi connectivity index (χ2v) is 8.86. The molecule has 1 heterocycles. The molecule has 1 aliphatic heterocycles. The van der Waals surface area contributed by atoms with Crippen molar-refractivity contribution in [2.75, 3.05) is 26.6 Å². The fourth-order valence-corrected chi connectivity index (χ4v) is 4.53. The minimum Gasteiger partial charge on any atom is -0.493 e. The van der Waals surface area contributed by atoms with Crippen molar-refractivity contribution in [2.24, 2.45) is 0 Å². The average molecular weight is 543 g/mol. The first-order chi connectivity index (χ1) is 16.9. The summed E-state index contributed by atoms with van der Waals surface area (Å²) >= 11 is 3.21. The summed E-state index contributed by atoms with van der Waals surface area (Å²) in [5.74, 6) is -0.0157. The molecule has 0 radical (unpaired) electrons. The summed E-state index contributed by atoms with van der Waals surface area (Å²) in [7, 11) is 4.49. The van der Waals surface area contributed by atoms with Crippen LogP contribution in [0.25, 0.3) is 0 Å². The van der Waals surface area contributed by atoms with E-state index in [0.29, 0.717) is 39.4 Å². The first-order valence-electron chi connectivity index (χ1n) is 10.8. The summed E-state index contributed by atoms with van der Waals surface area (Å²) in [6.45, 7) is 0.330. The smallest absolute Gasteiger partial charge is 0.255 e. The zero-order chi connectivity index (χ0) is 25.1. The van der Waals surface area contributed by atoms with Crippen molar-refractivity contribution in [1.82, 2.24) is 4.90 Å². The molecule has 7 nitrogen and oxygen atoms in total. The molecule has 3 aromatic rings. The van der Waals surface area contributed by atoms with Crippen molar-refractivity contribution in [3.63, 3.8) is 0 Å². The molecule has 0 unspecified atom stereocenters. The Kier molecular flexibility index (Phi) is 7.25. The summed E-state index contributed by atoms with van der Waals surface area (Å²) in [5, 5.41) is 2.62. The van der Waals surface area contributed by atoms with Crippen LogP contribution in [0.3, 0.4) is 0 Å². The minimum absolute atomic E-state index is 0.0536. The number of hydrogen-bond acceptors (Lipinski definition) is 5. The molecule has 2 amide bonds. The van der Waals surface area contributed by atoms with Gasteiger partial charge in [-0.15, -0.1) is 0 Å². The van der Waals surface area contributed by atoms with E-state index in [0.717, 1.165) is 5.56 Å². The lowest BCUT2D eigenvalue weighted by Crippen LogP contribution is -2.32. The number of benzene rings is 3. The van der Waals surface area contributed by atoms with Gasteiger partial charge < -0.3 is 24.4 Å². The van der Waals surface area contributed by atoms with Crippen LogP contribution in [0.2, 0.25) is 0 Å². The maximum atomic E-state index is 14.3. The predicted octanol–water partition coefficient (Wildman–Crippen LogP) is 5.34. The molecule has 35 heavy (non-hydrogen) atoms. The van der Waals surface area contributed by atoms with Gasteiger partial charge in [-0.1, -0.05) is 34.1 Å². The standard InChI is InChI=1S/C26H24BrFN2O5/c1-33-22-10-16(11-23(34-2)25(22)35-3)21(30-14-15-6-4-5-7-18(15)26(30)32)13-24(31)29-20-9-8-17(27)12-19(20)28/h4-12,21H,13-14H2,1-3H3,(H,29,31)/t21-/m1/s1. The zero-order valence-electron chi connectivity index (χ0n) is 19.4. The van der Waals surface area contributed by atoms with E-state index in [2.05, 4.69) is 21.2 Å². The molecule has 9 heteroatoms. The Morgan fingerprint density at radius 3 is 2.34 bits per heavy atom. The molecular weight excluding hydrogens is 519 g/mol. The highest BCUT2D eigenvalue weighted by molar-refractivity contribution is 9.10. The number of carbonyl (C=O) groups excluding carboxylic acids is 2. The van der Waals surface area contributed by atoms with E-state index >= 15 is 0 Å². The molecule has 0 aromatic heterocycles. The van der Waals surface area contributed by atoms with Gasteiger partial charge in [0.1, 0.15) is 5.82 Å². The fraction of sp³-hybridized carbons (Fsp3) is 0.231. The topological polar surface area (TPSA) is 77.1 Å². The predicted molar refractivity (Wildman–Crippen MR) is 133 cm³/mol. The molecule has 0 fully saturated rings. The summed E-state index contributed by atoms with van der Waals surface area (Å²) in [4.78, 5) is 28.0. The van der Waals surface area contributed by atoms with Gasteiger partial charge in [-0.2, -0.15) is 0 Å². The molecule has 1 atom stereocenters. The second kappa shape index (κ2) is 10.4. The number of ether oxygens (including phenoxy) is 3. The number of carbonyl (C=O) groups is 2. The van der Waals surface area contributed by atoms with Crippen LogP contribution in [0.5, 0.6) is 17.2 Å². The molecule has 3 aromatic carbocycles. The summed E-state index contributed by atoms with van der Waals surface area (Å²) in [5.41, 5.74) is 2.13. The Labute approximate surface area is 210 Å². The van der Waals surface area contributed by atoms with Gasteiger partial charge in [0.15, 0.2) is 11.5 Å². The Balaban J connectivity index is 1.72. The lowest BCUT2D eigenvalue weighted by atomic mass is 10.00. The van der Waals surface area contributed by atoms with E-state index in [-0.39, 0.29) is 18.0 Å². The molecule has 0 bridgehead atoms. The lowest BCUT2D eigenvalue weighted by Gasteiger charge is -2.29. The van der Waals surface area contributed by atoms with Crippen LogP contribution in [0, 0.1) is 5.82 Å². The van der Waals surface area contributed by atoms with Crippen molar-refractivity contribution in [3.05, 3.63) is 81.6 Å². The highest BCUT2D eigenvalue weighted by Gasteiger charge is 2.35. The van der Waals surface area contributed by atoms with E-state index in [4.69, 9.17) is 14.2 Å². The van der Waals surface area contributed by atoms with Gasteiger partial charge in [0.25, 0.3) is 5.91 Å². The lowest BCUT2D eigenvalue weighted by molar-refractivity contribution is -0.117. The molecule has 1 aliphatic rings. The summed E-state index contributed by atoms with van der Waals surface area (Å²) in [6.07, 6.45) is -0.117. The van der Waals surface area contributed by atoms with Crippen LogP contribution in [0.15, 0.2) is 59.1 Å². The number of fused-ring (bicyclic) bond motifs is 1. The van der Waals surface area contributed by atoms with Crippen LogP contribution in [-0.2, 0) is 11.3 Å². The van der Waals surface area contributed by atoms with Gasteiger partial charge >= 0.3 is 0 Å². The molecule has 0 aliphatic carbocycles. The van der Waals surface area contributed by atoms with Gasteiger partial charge in [-0.3, -0.25) is 9.59 Å². The molecule has 4 rings (SSSR count). The van der Waals surface area contributed by atoms with Crippen molar-refractivity contribution in [1.29, 1.82) is 0 Å². The maximum absolute atomic E-state index is 14.3. The number of anilines is 1. The number of rotatable bonds is 8. The second-order valence-electron chi connectivity index (χ2n) is 7.94. The monoisotopic (exact) mass is 542 g/mol. The SMILES string of the molecule is COc1cc([C@@H](CC(=O)Nc2ccc(Br)cc2F)N2Cc3ccccc3C2=O)cc(OC)c1OC. The maximum Gasteiger partial charge on any atom is 0.255 e. The highest BCUT2D eigenvalue weighted by atomic mass is 79.9. The summed E-state index contributed by atoms with van der Waals surface area (Å²) < 4.78 is 31.3. The first-order valence-corrected chi connectivity index (χ1v) is 11.6. The van der Waals surface area contributed by atoms with Crippen molar-refractivity contribution in [3.8, 4) is 17.2 Å². The normalized spacial score (nSPS) is 13.3. The number of amides is 2. The van der Waals surface area contributed by atoms with Crippen LogP contribution >= 0.6 is 15.9 Å². The Hall–Kier alpha value is -3.59. The third-order valence-electron chi connectivity index (χ3n) is 5.88. The number of nitrogens with one attached hydrogen (secondary N) is 1. The van der Waals surface area contributed by atoms with E-state index in [1.807, 2.05) is 12.1 Å². The van der Waals surface area contributed by atoms with Gasteiger partial charge in [-0.05, 0) is 47.5 Å². The van der Waals surface area contributed by atoms with E-state index in [1.54, 1.807) is 35.2 Å². The van der Waals surface area contributed by atoms with Crippen LogP contribution < -0.4 is 19.5 Å².